The minimum atomic E-state index is 0.915. The Morgan fingerprint density at radius 1 is 0.727 bits per heavy atom. The molecule has 4 aromatic carbocycles. The zero-order valence-corrected chi connectivity index (χ0v) is 18.5. The predicted molar refractivity (Wildman–Crippen MR) is 141 cm³/mol. The van der Waals surface area contributed by atoms with E-state index in [0.29, 0.717) is 0 Å². The van der Waals surface area contributed by atoms with Crippen LogP contribution in [0.2, 0.25) is 0 Å². The molecule has 0 saturated heterocycles. The quantitative estimate of drug-likeness (QED) is 0.276. The molecule has 0 amide bonds. The van der Waals surface area contributed by atoms with Gasteiger partial charge in [0.05, 0.1) is 11.2 Å². The van der Waals surface area contributed by atoms with E-state index in [1.165, 1.54) is 22.0 Å². The van der Waals surface area contributed by atoms with Crippen molar-refractivity contribution in [1.29, 1.82) is 0 Å². The number of hydrogen-bond acceptors (Lipinski definition) is 1. The van der Waals surface area contributed by atoms with Crippen molar-refractivity contribution in [3.8, 4) is 16.8 Å². The molecular formula is C31H23NO. The van der Waals surface area contributed by atoms with Gasteiger partial charge in [-0.1, -0.05) is 67.3 Å². The Kier molecular flexibility index (Phi) is 4.51. The van der Waals surface area contributed by atoms with Gasteiger partial charge in [0.15, 0.2) is 0 Å². The smallest absolute Gasteiger partial charge is 0.135 e. The molecule has 6 rings (SSSR count). The summed E-state index contributed by atoms with van der Waals surface area (Å²) in [5, 5.41) is 3.48. The van der Waals surface area contributed by atoms with E-state index in [0.717, 1.165) is 38.9 Å². The third-order valence-electron chi connectivity index (χ3n) is 6.30. The van der Waals surface area contributed by atoms with E-state index in [2.05, 4.69) is 103 Å². The molecule has 2 heteroatoms. The van der Waals surface area contributed by atoms with Crippen molar-refractivity contribution in [2.24, 2.45) is 0 Å². The summed E-state index contributed by atoms with van der Waals surface area (Å²) in [6.07, 6.45) is 6.21. The fraction of sp³-hybridized carbons (Fsp3) is 0.0323. The molecular weight excluding hydrogens is 402 g/mol. The van der Waals surface area contributed by atoms with Crippen LogP contribution in [0.4, 0.5) is 0 Å². The van der Waals surface area contributed by atoms with Crippen molar-refractivity contribution in [2.45, 2.75) is 6.92 Å². The van der Waals surface area contributed by atoms with Crippen molar-refractivity contribution in [2.75, 3.05) is 0 Å². The maximum absolute atomic E-state index is 6.02. The molecule has 2 aromatic heterocycles. The molecule has 0 saturated carbocycles. The maximum Gasteiger partial charge on any atom is 0.135 e. The summed E-state index contributed by atoms with van der Waals surface area (Å²) in [6, 6.07) is 31.8. The molecule has 0 fully saturated rings. The second-order valence-electron chi connectivity index (χ2n) is 8.22. The lowest BCUT2D eigenvalue weighted by Gasteiger charge is -2.09. The number of rotatable bonds is 4. The molecule has 0 radical (unpaired) electrons. The summed E-state index contributed by atoms with van der Waals surface area (Å²) in [5.41, 5.74) is 8.78. The number of fused-ring (bicyclic) bond motifs is 4. The number of para-hydroxylation sites is 2. The highest BCUT2D eigenvalue weighted by Gasteiger charge is 2.16. The van der Waals surface area contributed by atoms with E-state index in [1.54, 1.807) is 0 Å². The number of aromatic nitrogens is 1. The molecule has 33 heavy (non-hydrogen) atoms. The van der Waals surface area contributed by atoms with Crippen LogP contribution in [0.3, 0.4) is 0 Å². The molecule has 0 aliphatic rings. The van der Waals surface area contributed by atoms with E-state index in [-0.39, 0.29) is 0 Å². The highest BCUT2D eigenvalue weighted by atomic mass is 16.3. The topological polar surface area (TPSA) is 18.1 Å². The Morgan fingerprint density at radius 3 is 2.21 bits per heavy atom. The van der Waals surface area contributed by atoms with Crippen LogP contribution in [0.15, 0.2) is 108 Å². The number of nitrogens with zero attached hydrogens (tertiary/aromatic N) is 1. The summed E-state index contributed by atoms with van der Waals surface area (Å²) in [5.74, 6) is 0. The molecule has 0 N–H and O–H groups in total. The van der Waals surface area contributed by atoms with Crippen LogP contribution >= 0.6 is 0 Å². The Balaban J connectivity index is 1.60. The maximum atomic E-state index is 6.02. The highest BCUT2D eigenvalue weighted by Crippen LogP contribution is 2.36. The fourth-order valence-corrected chi connectivity index (χ4v) is 4.81. The van der Waals surface area contributed by atoms with Crippen LogP contribution in [-0.4, -0.2) is 4.57 Å². The normalized spacial score (nSPS) is 11.8. The van der Waals surface area contributed by atoms with E-state index in [4.69, 9.17) is 4.42 Å². The molecule has 0 unspecified atom stereocenters. The van der Waals surface area contributed by atoms with Crippen molar-refractivity contribution in [1.82, 2.24) is 4.57 Å². The van der Waals surface area contributed by atoms with Crippen LogP contribution in [0, 0.1) is 0 Å². The molecule has 158 valence electrons. The Hall–Kier alpha value is -4.30. The van der Waals surface area contributed by atoms with Gasteiger partial charge >= 0.3 is 0 Å². The zero-order chi connectivity index (χ0) is 22.4. The summed E-state index contributed by atoms with van der Waals surface area (Å²) in [6.45, 7) is 6.19. The summed E-state index contributed by atoms with van der Waals surface area (Å²) < 4.78 is 8.33. The first-order valence-electron chi connectivity index (χ1n) is 11.2. The Labute approximate surface area is 192 Å². The molecule has 0 atom stereocenters. The third-order valence-corrected chi connectivity index (χ3v) is 6.30. The second-order valence-corrected chi connectivity index (χ2v) is 8.22. The van der Waals surface area contributed by atoms with E-state index in [9.17, 15) is 0 Å². The largest absolute Gasteiger partial charge is 0.456 e. The number of allylic oxidation sites excluding steroid dienone is 1. The Bertz CT molecular complexity index is 1680. The van der Waals surface area contributed by atoms with Gasteiger partial charge < -0.3 is 8.98 Å². The van der Waals surface area contributed by atoms with Gasteiger partial charge in [-0.05, 0) is 66.6 Å². The molecule has 0 aliphatic carbocycles. The van der Waals surface area contributed by atoms with Gasteiger partial charge in [0.25, 0.3) is 0 Å². The molecule has 0 spiro atoms. The van der Waals surface area contributed by atoms with Crippen molar-refractivity contribution >= 4 is 45.0 Å². The predicted octanol–water partition coefficient (Wildman–Crippen LogP) is 8.87. The lowest BCUT2D eigenvalue weighted by atomic mass is 10.00. The summed E-state index contributed by atoms with van der Waals surface area (Å²) in [7, 11) is 0. The van der Waals surface area contributed by atoms with Crippen LogP contribution in [-0.2, 0) is 0 Å². The average Bonchev–Trinajstić information content (AvgIpc) is 3.39. The first-order valence-corrected chi connectivity index (χ1v) is 11.2. The second kappa shape index (κ2) is 7.68. The monoisotopic (exact) mass is 425 g/mol. The minimum absolute atomic E-state index is 0.915. The van der Waals surface area contributed by atoms with Crippen molar-refractivity contribution < 1.29 is 4.42 Å². The fourth-order valence-electron chi connectivity index (χ4n) is 4.81. The molecule has 0 aliphatic heterocycles. The summed E-state index contributed by atoms with van der Waals surface area (Å²) in [4.78, 5) is 0. The van der Waals surface area contributed by atoms with E-state index < -0.39 is 0 Å². The van der Waals surface area contributed by atoms with Gasteiger partial charge in [-0.25, -0.2) is 0 Å². The third kappa shape index (κ3) is 3.03. The van der Waals surface area contributed by atoms with Crippen LogP contribution in [0.1, 0.15) is 18.2 Å². The number of hydrogen-bond donors (Lipinski definition) is 0. The molecule has 2 heterocycles. The summed E-state index contributed by atoms with van der Waals surface area (Å²) >= 11 is 0. The van der Waals surface area contributed by atoms with Crippen LogP contribution < -0.4 is 0 Å². The van der Waals surface area contributed by atoms with Crippen molar-refractivity contribution in [3.63, 3.8) is 0 Å². The average molecular weight is 426 g/mol. The van der Waals surface area contributed by atoms with E-state index in [1.807, 2.05) is 24.3 Å². The van der Waals surface area contributed by atoms with Crippen molar-refractivity contribution in [3.05, 3.63) is 115 Å². The molecule has 6 aromatic rings. The minimum Gasteiger partial charge on any atom is -0.456 e. The number of furan rings is 1. The van der Waals surface area contributed by atoms with Gasteiger partial charge in [0.1, 0.15) is 11.2 Å². The van der Waals surface area contributed by atoms with Gasteiger partial charge in [-0.2, -0.15) is 0 Å². The lowest BCUT2D eigenvalue weighted by molar-refractivity contribution is 0.669. The lowest BCUT2D eigenvalue weighted by Crippen LogP contribution is -1.96. The zero-order valence-electron chi connectivity index (χ0n) is 18.5. The first-order chi connectivity index (χ1) is 16.3. The highest BCUT2D eigenvalue weighted by molar-refractivity contribution is 6.06. The Morgan fingerprint density at radius 2 is 1.42 bits per heavy atom. The van der Waals surface area contributed by atoms with Crippen LogP contribution in [0.5, 0.6) is 0 Å². The molecule has 2 nitrogen and oxygen atoms in total. The van der Waals surface area contributed by atoms with E-state index >= 15 is 0 Å². The SMILES string of the molecule is C=Cc1c(/C=C\C)n(-c2ccccc2)c2ccc(-c3ccc4oc5ccccc5c4c3)cc12. The van der Waals surface area contributed by atoms with Gasteiger partial charge in [-0.15, -0.1) is 0 Å². The van der Waals surface area contributed by atoms with Gasteiger partial charge in [0.2, 0.25) is 0 Å². The van der Waals surface area contributed by atoms with Gasteiger partial charge in [0, 0.05) is 27.4 Å². The van der Waals surface area contributed by atoms with Gasteiger partial charge in [-0.3, -0.25) is 0 Å². The van der Waals surface area contributed by atoms with Crippen LogP contribution in [0.25, 0.3) is 61.8 Å². The molecule has 0 bridgehead atoms. The standard InChI is InChI=1S/C31H23NO/c1-3-10-28-24(4-2)26-19-21(15-17-29(26)32(28)23-11-6-5-7-12-23)22-16-18-31-27(20-22)25-13-8-9-14-30(25)33-31/h3-20H,2H2,1H3/b10-3-. The number of benzene rings is 4. The first kappa shape index (κ1) is 19.4.